The van der Waals surface area contributed by atoms with Crippen molar-refractivity contribution in [2.24, 2.45) is 56.4 Å². The first-order valence-corrected chi connectivity index (χ1v) is 41.4. The second kappa shape index (κ2) is 27.9. The van der Waals surface area contributed by atoms with Crippen LogP contribution in [0.15, 0.2) is 262 Å². The first-order chi connectivity index (χ1) is 56.2. The molecule has 8 aromatic heterocycles. The van der Waals surface area contributed by atoms with E-state index < -0.39 is 0 Å². The number of pyridine rings is 6. The fourth-order valence-electron chi connectivity index (χ4n) is 22.9. The Morgan fingerprint density at radius 1 is 0.217 bits per heavy atom. The number of aromatic nitrogens is 10. The Morgan fingerprint density at radius 2 is 0.443 bits per heavy atom. The van der Waals surface area contributed by atoms with Crippen LogP contribution in [0.3, 0.4) is 0 Å². The third-order valence-electron chi connectivity index (χ3n) is 27.5. The minimum absolute atomic E-state index is 0.290. The van der Waals surface area contributed by atoms with Crippen LogP contribution in [-0.4, -0.2) is 43.5 Å². The molecule has 15 aromatic rings. The van der Waals surface area contributed by atoms with Crippen molar-refractivity contribution in [1.29, 1.82) is 0 Å². The largest absolute Gasteiger partial charge is 0.409 e. The van der Waals surface area contributed by atoms with Gasteiger partial charge in [-0.25, -0.2) is 41.5 Å². The van der Waals surface area contributed by atoms with E-state index in [0.29, 0.717) is 33.6 Å². The molecular weight excluding hydrogens is 1400 g/mol. The highest BCUT2D eigenvalue weighted by atomic mass is 15.0. The Labute approximate surface area is 677 Å². The summed E-state index contributed by atoms with van der Waals surface area (Å²) in [4.78, 5) is 9.12. The second-order valence-electron chi connectivity index (χ2n) is 34.1. The smallest absolute Gasteiger partial charge is 0.249 e. The van der Waals surface area contributed by atoms with Gasteiger partial charge in [0.1, 0.15) is 72.4 Å². The molecule has 550 valence electrons. The quantitative estimate of drug-likeness (QED) is 0.160. The molecule has 0 N–H and O–H groups in total. The van der Waals surface area contributed by atoms with Crippen molar-refractivity contribution in [1.82, 2.24) is 9.97 Å². The van der Waals surface area contributed by atoms with E-state index in [1.807, 2.05) is 18.7 Å². The maximum absolute atomic E-state index is 4.70. The van der Waals surface area contributed by atoms with E-state index in [1.54, 1.807) is 16.4 Å². The van der Waals surface area contributed by atoms with E-state index in [2.05, 4.69) is 355 Å². The van der Waals surface area contributed by atoms with Gasteiger partial charge >= 0.3 is 33.6 Å². The average molecular weight is 1490 g/mol. The van der Waals surface area contributed by atoms with Gasteiger partial charge in [-0.05, 0) is 141 Å². The molecule has 0 saturated carbocycles. The standard InChI is InChI=1S/2C21H19BN.C20H19BN2.2C19H18BN3/c2*1-14-6-3-7-15-12-16-8-4-9-17-13-18-10-5-11-23(2)21(18)22(19(14)15)20(16)17;1-22-10-4-8-16-12-14-6-3-7-15-13-17-9-5-11-23(2)20(17)21(18(14)15)19(16)22;1-22-9-4-7-15-11-13-5-3-6-14-12-16-19(23(2)10-8-21-16)20(17(13)14)18(15)22;1-22-8-4-7-15-9-13-5-3-6-14-10-16-11-21-12-23(2)19(16)20(17(13)14)18(15)22/h3*3-11H,12-13H2,1-2H3;3-10H,11-12H2,1-2H3;3-8,11-12H,9-10H2,1-2H3/q2*+1;3*+2. The zero-order valence-electron chi connectivity index (χ0n) is 67.8. The minimum atomic E-state index is 0.290. The van der Waals surface area contributed by atoms with E-state index in [1.165, 1.54) is 189 Å². The lowest BCUT2D eigenvalue weighted by atomic mass is 9.31. The molecule has 25 rings (SSSR count). The third-order valence-corrected chi connectivity index (χ3v) is 27.5. The van der Waals surface area contributed by atoms with E-state index in [-0.39, 0.29) is 0 Å². The predicted octanol–water partition coefficient (Wildman–Crippen LogP) is 0.0588. The van der Waals surface area contributed by atoms with Gasteiger partial charge in [0.05, 0.1) is 18.8 Å². The first-order valence-electron chi connectivity index (χ1n) is 41.4. The lowest BCUT2D eigenvalue weighted by molar-refractivity contribution is -0.661. The molecule has 0 amide bonds. The Morgan fingerprint density at radius 3 is 0.765 bits per heavy atom. The second-order valence-corrected chi connectivity index (χ2v) is 34.1. The van der Waals surface area contributed by atoms with Gasteiger partial charge in [0, 0.05) is 127 Å². The molecule has 7 aromatic carbocycles. The van der Waals surface area contributed by atoms with Gasteiger partial charge in [-0.3, -0.25) is 0 Å². The molecular formula is C100H93B5N10+8. The minimum Gasteiger partial charge on any atom is -0.249 e. The summed E-state index contributed by atoms with van der Waals surface area (Å²) in [5.74, 6) is 0. The molecule has 15 heteroatoms. The number of hydrogen-bond acceptors (Lipinski definition) is 2. The van der Waals surface area contributed by atoms with E-state index in [4.69, 9.17) is 4.98 Å². The van der Waals surface area contributed by atoms with Gasteiger partial charge < -0.3 is 0 Å². The fourth-order valence-corrected chi connectivity index (χ4v) is 22.9. The molecule has 0 saturated heterocycles. The highest BCUT2D eigenvalue weighted by Gasteiger charge is 2.52. The molecule has 0 atom stereocenters. The van der Waals surface area contributed by atoms with Gasteiger partial charge in [-0.2, -0.15) is 0 Å². The van der Waals surface area contributed by atoms with Crippen LogP contribution in [0, 0.1) is 13.8 Å². The number of benzene rings is 7. The summed E-state index contributed by atoms with van der Waals surface area (Å²) < 4.78 is 18.4. The van der Waals surface area contributed by atoms with Gasteiger partial charge in [-0.1, -0.05) is 171 Å². The SMILES string of the molecule is C[n+]1cccc2c1B1c3c(cccc3Cc3ccc[n+](C)c31)C2.C[n+]1cccc2c1B1c3c(cccc3Cc3cnc[n+](C)c31)C2.C[n+]1cccc2c1B1c3c(cccc3Cc3ncc[n+](C)c31)C2.Cc1cccc2c1B1c3c(cccc3Cc3ccc[n+](C)c31)C2.Cc1cccc2c1B1c3c(cccc3Cc3ccc[n+](C)c31)C2. The fraction of sp³-hybridized carbons (Fsp3) is 0.200. The van der Waals surface area contributed by atoms with Crippen LogP contribution in [0.5, 0.6) is 0 Å². The molecule has 0 aliphatic carbocycles. The maximum atomic E-state index is 4.70. The summed E-state index contributed by atoms with van der Waals surface area (Å²) in [6.45, 7) is 6.27. The summed E-state index contributed by atoms with van der Waals surface area (Å²) in [7, 11) is 17.4. The van der Waals surface area contributed by atoms with Crippen molar-refractivity contribution < 1.29 is 36.5 Å². The zero-order valence-corrected chi connectivity index (χ0v) is 67.8. The summed E-state index contributed by atoms with van der Waals surface area (Å²) >= 11 is 0. The van der Waals surface area contributed by atoms with Crippen LogP contribution in [0.2, 0.25) is 0 Å². The van der Waals surface area contributed by atoms with Crippen LogP contribution in [0.4, 0.5) is 0 Å². The normalized spacial score (nSPS) is 14.1. The Balaban J connectivity index is 0.0000000900. The van der Waals surface area contributed by atoms with Gasteiger partial charge in [0.25, 0.3) is 6.33 Å². The molecule has 0 unspecified atom stereocenters. The van der Waals surface area contributed by atoms with Crippen molar-refractivity contribution in [3.63, 3.8) is 0 Å². The third kappa shape index (κ3) is 11.5. The van der Waals surface area contributed by atoms with Crippen LogP contribution in [-0.2, 0) is 121 Å². The van der Waals surface area contributed by atoms with Crippen molar-refractivity contribution in [3.8, 4) is 0 Å². The zero-order chi connectivity index (χ0) is 77.8. The maximum Gasteiger partial charge on any atom is 0.409 e. The number of nitrogens with zero attached hydrogens (tertiary/aromatic N) is 10. The molecule has 0 fully saturated rings. The molecule has 115 heavy (non-hydrogen) atoms. The lowest BCUT2D eigenvalue weighted by Gasteiger charge is -2.32. The van der Waals surface area contributed by atoms with Crippen molar-refractivity contribution in [2.75, 3.05) is 0 Å². The van der Waals surface area contributed by atoms with E-state index >= 15 is 0 Å². The summed E-state index contributed by atoms with van der Waals surface area (Å²) in [5.41, 5.74) is 54.3. The van der Waals surface area contributed by atoms with Crippen molar-refractivity contribution >= 4 is 117 Å². The van der Waals surface area contributed by atoms with Crippen LogP contribution in [0.1, 0.15) is 123 Å². The van der Waals surface area contributed by atoms with Gasteiger partial charge in [0.15, 0.2) is 71.3 Å². The highest BCUT2D eigenvalue weighted by Crippen LogP contribution is 2.28. The molecule has 10 aliphatic rings. The van der Waals surface area contributed by atoms with E-state index in [0.717, 1.165) is 64.2 Å². The number of hydrogen-bond donors (Lipinski definition) is 0. The highest BCUT2D eigenvalue weighted by molar-refractivity contribution is 6.98. The lowest BCUT2D eigenvalue weighted by Crippen LogP contribution is -2.75. The van der Waals surface area contributed by atoms with Crippen LogP contribution in [0.25, 0.3) is 0 Å². The van der Waals surface area contributed by atoms with Gasteiger partial charge in [-0.15, -0.1) is 0 Å². The van der Waals surface area contributed by atoms with Crippen molar-refractivity contribution in [2.45, 2.75) is 78.1 Å². The molecule has 10 nitrogen and oxygen atoms in total. The number of aryl methyl sites for hydroxylation is 10. The van der Waals surface area contributed by atoms with Gasteiger partial charge in [0.2, 0.25) is 0 Å². The Hall–Kier alpha value is -12.1. The van der Waals surface area contributed by atoms with Crippen LogP contribution >= 0.6 is 0 Å². The molecule has 0 spiro atoms. The van der Waals surface area contributed by atoms with E-state index in [9.17, 15) is 0 Å². The average Bonchev–Trinajstić information content (AvgIpc) is 0.747. The molecule has 0 bridgehead atoms. The summed E-state index contributed by atoms with van der Waals surface area (Å²) in [5, 5.41) is 0. The predicted molar refractivity (Wildman–Crippen MR) is 462 cm³/mol. The number of rotatable bonds is 0. The number of fused-ring (bicyclic) bond motifs is 20. The molecule has 10 aliphatic heterocycles. The Bertz CT molecular complexity index is 5200. The molecule has 18 heterocycles. The molecule has 0 radical (unpaired) electrons. The van der Waals surface area contributed by atoms with Crippen molar-refractivity contribution in [3.05, 3.63) is 385 Å². The summed E-state index contributed by atoms with van der Waals surface area (Å²) in [6, 6.07) is 74.5. The monoisotopic (exact) mass is 1490 g/mol. The topological polar surface area (TPSA) is 56.8 Å². The Kier molecular flexibility index (Phi) is 17.2. The first kappa shape index (κ1) is 70.8. The summed E-state index contributed by atoms with van der Waals surface area (Å²) in [6.07, 6.45) is 31.4. The van der Waals surface area contributed by atoms with Crippen LogP contribution < -0.4 is 120 Å².